The first-order chi connectivity index (χ1) is 7.75. The Labute approximate surface area is 101 Å². The molecule has 7 heteroatoms. The van der Waals surface area contributed by atoms with E-state index in [0.29, 0.717) is 0 Å². The van der Waals surface area contributed by atoms with Gasteiger partial charge in [0.2, 0.25) is 10.0 Å². The van der Waals surface area contributed by atoms with Crippen molar-refractivity contribution in [3.8, 4) is 0 Å². The summed E-state index contributed by atoms with van der Waals surface area (Å²) in [4.78, 5) is 0.172. The summed E-state index contributed by atoms with van der Waals surface area (Å²) in [7, 11) is -1.83. The van der Waals surface area contributed by atoms with E-state index in [1.54, 1.807) is 7.05 Å². The molecule has 0 unspecified atom stereocenters. The maximum atomic E-state index is 12.1. The van der Waals surface area contributed by atoms with Crippen molar-refractivity contribution in [3.05, 3.63) is 12.4 Å². The van der Waals surface area contributed by atoms with Gasteiger partial charge >= 0.3 is 0 Å². The van der Waals surface area contributed by atoms with Crippen LogP contribution in [0.15, 0.2) is 17.3 Å². The fraction of sp³-hybridized carbons (Fsp3) is 0.700. The van der Waals surface area contributed by atoms with Crippen molar-refractivity contribution in [1.29, 1.82) is 0 Å². The zero-order valence-corrected chi connectivity index (χ0v) is 11.0. The maximum absolute atomic E-state index is 12.1. The van der Waals surface area contributed by atoms with Gasteiger partial charge in [-0.3, -0.25) is 4.68 Å². The SMILES string of the molecule is CC(C)C1(O)CN(S(=O)(=O)c2cnn(C)c2)C1. The van der Waals surface area contributed by atoms with Gasteiger partial charge in [-0.25, -0.2) is 8.42 Å². The van der Waals surface area contributed by atoms with Crippen molar-refractivity contribution in [3.63, 3.8) is 0 Å². The Morgan fingerprint density at radius 1 is 1.47 bits per heavy atom. The van der Waals surface area contributed by atoms with Crippen LogP contribution in [0.3, 0.4) is 0 Å². The second-order valence-corrected chi connectivity index (χ2v) is 6.82. The molecule has 0 radical (unpaired) electrons. The second kappa shape index (κ2) is 3.79. The van der Waals surface area contributed by atoms with E-state index < -0.39 is 15.6 Å². The smallest absolute Gasteiger partial charge is 0.246 e. The zero-order chi connectivity index (χ0) is 12.8. The molecule has 17 heavy (non-hydrogen) atoms. The summed E-state index contributed by atoms with van der Waals surface area (Å²) in [6.07, 6.45) is 2.78. The number of aromatic nitrogens is 2. The minimum Gasteiger partial charge on any atom is -0.387 e. The Bertz CT molecular complexity index is 515. The molecule has 1 fully saturated rings. The predicted octanol–water partition coefficient (Wildman–Crippen LogP) is -0.189. The van der Waals surface area contributed by atoms with Crippen LogP contribution in [0.1, 0.15) is 13.8 Å². The lowest BCUT2D eigenvalue weighted by atomic mass is 9.85. The van der Waals surface area contributed by atoms with Crippen LogP contribution in [0.2, 0.25) is 0 Å². The lowest BCUT2D eigenvalue weighted by Crippen LogP contribution is -2.65. The van der Waals surface area contributed by atoms with Crippen molar-refractivity contribution < 1.29 is 13.5 Å². The standard InChI is InChI=1S/C10H17N3O3S/c1-8(2)10(14)6-13(7-10)17(15,16)9-4-11-12(3)5-9/h4-5,8,14H,6-7H2,1-3H3. The van der Waals surface area contributed by atoms with E-state index >= 15 is 0 Å². The number of nitrogens with zero attached hydrogens (tertiary/aromatic N) is 3. The van der Waals surface area contributed by atoms with Crippen LogP contribution in [0.25, 0.3) is 0 Å². The van der Waals surface area contributed by atoms with Gasteiger partial charge in [-0.2, -0.15) is 9.40 Å². The van der Waals surface area contributed by atoms with Crippen LogP contribution in [-0.4, -0.2) is 46.3 Å². The highest BCUT2D eigenvalue weighted by molar-refractivity contribution is 7.89. The van der Waals surface area contributed by atoms with Gasteiger partial charge in [0, 0.05) is 26.3 Å². The molecule has 1 aromatic rings. The van der Waals surface area contributed by atoms with E-state index in [1.807, 2.05) is 13.8 Å². The third kappa shape index (κ3) is 1.98. The molecule has 2 rings (SSSR count). The topological polar surface area (TPSA) is 75.4 Å². The number of sulfonamides is 1. The second-order valence-electron chi connectivity index (χ2n) is 4.88. The number of aliphatic hydroxyl groups is 1. The average molecular weight is 259 g/mol. The molecule has 0 amide bonds. The summed E-state index contributed by atoms with van der Waals surface area (Å²) in [5.41, 5.74) is -0.894. The minimum atomic E-state index is -3.50. The van der Waals surface area contributed by atoms with E-state index in [0.717, 1.165) is 0 Å². The molecule has 1 saturated heterocycles. The highest BCUT2D eigenvalue weighted by Crippen LogP contribution is 2.32. The molecular weight excluding hydrogens is 242 g/mol. The summed E-state index contributed by atoms with van der Waals surface area (Å²) >= 11 is 0. The van der Waals surface area contributed by atoms with Crippen LogP contribution < -0.4 is 0 Å². The summed E-state index contributed by atoms with van der Waals surface area (Å²) in [6.45, 7) is 4.08. The molecule has 1 aromatic heterocycles. The maximum Gasteiger partial charge on any atom is 0.246 e. The van der Waals surface area contributed by atoms with Crippen LogP contribution in [0.4, 0.5) is 0 Å². The molecule has 0 aliphatic carbocycles. The van der Waals surface area contributed by atoms with E-state index in [2.05, 4.69) is 5.10 Å². The van der Waals surface area contributed by atoms with Gasteiger partial charge in [-0.15, -0.1) is 0 Å². The molecule has 0 spiro atoms. The van der Waals surface area contributed by atoms with Crippen LogP contribution in [0.5, 0.6) is 0 Å². The Morgan fingerprint density at radius 2 is 2.06 bits per heavy atom. The number of aryl methyl sites for hydroxylation is 1. The Hall–Kier alpha value is -0.920. The van der Waals surface area contributed by atoms with Gasteiger partial charge in [-0.1, -0.05) is 13.8 Å². The summed E-state index contributed by atoms with van der Waals surface area (Å²) < 4.78 is 26.9. The van der Waals surface area contributed by atoms with E-state index in [1.165, 1.54) is 21.4 Å². The highest BCUT2D eigenvalue weighted by atomic mass is 32.2. The zero-order valence-electron chi connectivity index (χ0n) is 10.2. The van der Waals surface area contributed by atoms with Crippen molar-refractivity contribution in [2.75, 3.05) is 13.1 Å². The van der Waals surface area contributed by atoms with Crippen molar-refractivity contribution in [2.24, 2.45) is 13.0 Å². The largest absolute Gasteiger partial charge is 0.387 e. The van der Waals surface area contributed by atoms with Gasteiger partial charge in [0.25, 0.3) is 0 Å². The molecule has 0 saturated carbocycles. The molecule has 0 bridgehead atoms. The van der Waals surface area contributed by atoms with Crippen molar-refractivity contribution >= 4 is 10.0 Å². The molecule has 2 heterocycles. The lowest BCUT2D eigenvalue weighted by Gasteiger charge is -2.47. The summed E-state index contributed by atoms with van der Waals surface area (Å²) in [5, 5.41) is 13.9. The molecular formula is C10H17N3O3S. The van der Waals surface area contributed by atoms with Gasteiger partial charge < -0.3 is 5.11 Å². The predicted molar refractivity (Wildman–Crippen MR) is 61.8 cm³/mol. The number of β-amino-alcohol motifs (C(OH)–C–C–N with tert-alkyl or cyclic N) is 1. The normalized spacial score (nSPS) is 20.5. The fourth-order valence-corrected chi connectivity index (χ4v) is 3.33. The van der Waals surface area contributed by atoms with Gasteiger partial charge in [0.05, 0.1) is 11.8 Å². The minimum absolute atomic E-state index is 0.0443. The van der Waals surface area contributed by atoms with Gasteiger partial charge in [0.15, 0.2) is 0 Å². The number of hydrogen-bond donors (Lipinski definition) is 1. The quantitative estimate of drug-likeness (QED) is 0.816. The lowest BCUT2D eigenvalue weighted by molar-refractivity contribution is -0.0932. The fourth-order valence-electron chi connectivity index (χ4n) is 1.78. The first-order valence-corrected chi connectivity index (χ1v) is 6.91. The molecule has 6 nitrogen and oxygen atoms in total. The van der Waals surface area contributed by atoms with E-state index in [-0.39, 0.29) is 23.9 Å². The van der Waals surface area contributed by atoms with Gasteiger partial charge in [0.1, 0.15) is 4.90 Å². The Balaban J connectivity index is 2.16. The number of hydrogen-bond acceptors (Lipinski definition) is 4. The average Bonchev–Trinajstić information content (AvgIpc) is 2.60. The Kier molecular flexibility index (Phi) is 2.80. The molecule has 96 valence electrons. The van der Waals surface area contributed by atoms with E-state index in [4.69, 9.17) is 0 Å². The summed E-state index contributed by atoms with van der Waals surface area (Å²) in [5.74, 6) is 0.0443. The molecule has 0 aromatic carbocycles. The Morgan fingerprint density at radius 3 is 2.47 bits per heavy atom. The molecule has 1 aliphatic heterocycles. The third-order valence-electron chi connectivity index (χ3n) is 3.29. The number of rotatable bonds is 3. The van der Waals surface area contributed by atoms with Crippen LogP contribution in [0, 0.1) is 5.92 Å². The highest BCUT2D eigenvalue weighted by Gasteiger charge is 2.49. The van der Waals surface area contributed by atoms with Crippen LogP contribution in [-0.2, 0) is 17.1 Å². The summed E-state index contributed by atoms with van der Waals surface area (Å²) in [6, 6.07) is 0. The van der Waals surface area contributed by atoms with Crippen molar-refractivity contribution in [1.82, 2.24) is 14.1 Å². The van der Waals surface area contributed by atoms with E-state index in [9.17, 15) is 13.5 Å². The monoisotopic (exact) mass is 259 g/mol. The first kappa shape index (κ1) is 12.5. The third-order valence-corrected chi connectivity index (χ3v) is 5.04. The van der Waals surface area contributed by atoms with Crippen LogP contribution >= 0.6 is 0 Å². The molecule has 0 atom stereocenters. The van der Waals surface area contributed by atoms with Gasteiger partial charge in [-0.05, 0) is 5.92 Å². The van der Waals surface area contributed by atoms with Crippen molar-refractivity contribution in [2.45, 2.75) is 24.3 Å². The molecule has 1 aliphatic rings. The molecule has 1 N–H and O–H groups in total. The first-order valence-electron chi connectivity index (χ1n) is 5.47.